The standard InChI is InChI=1S/C20H17N5O3/c1-12-17(19(26)24-14-5-3-2-4-6-14)18(25-20(23-12)21-10-22-25)13-7-8-15-16(9-13)28-11-27-15/h2-10,18H,11H2,1H3,(H,24,26)(H,21,22,23)/t18-/m1/s1. The van der Waals surface area contributed by atoms with Crippen LogP contribution in [-0.2, 0) is 4.79 Å². The van der Waals surface area contributed by atoms with Gasteiger partial charge in [-0.25, -0.2) is 4.68 Å². The molecule has 3 heterocycles. The highest BCUT2D eigenvalue weighted by Crippen LogP contribution is 2.40. The number of rotatable bonds is 3. The van der Waals surface area contributed by atoms with E-state index in [1.807, 2.05) is 55.5 Å². The van der Waals surface area contributed by atoms with E-state index in [4.69, 9.17) is 9.47 Å². The van der Waals surface area contributed by atoms with Crippen LogP contribution in [0.5, 0.6) is 11.5 Å². The first-order chi connectivity index (χ1) is 13.7. The van der Waals surface area contributed by atoms with Crippen LogP contribution in [0.25, 0.3) is 0 Å². The molecule has 5 rings (SSSR count). The fourth-order valence-corrected chi connectivity index (χ4v) is 3.50. The highest BCUT2D eigenvalue weighted by Gasteiger charge is 2.34. The number of benzene rings is 2. The summed E-state index contributed by atoms with van der Waals surface area (Å²) in [6.45, 7) is 2.05. The molecule has 2 aliphatic heterocycles. The Bertz CT molecular complexity index is 1090. The Hall–Kier alpha value is -3.81. The summed E-state index contributed by atoms with van der Waals surface area (Å²) >= 11 is 0. The van der Waals surface area contributed by atoms with E-state index >= 15 is 0 Å². The van der Waals surface area contributed by atoms with E-state index in [1.54, 1.807) is 4.68 Å². The van der Waals surface area contributed by atoms with Crippen molar-refractivity contribution in [1.82, 2.24) is 14.8 Å². The molecular weight excluding hydrogens is 358 g/mol. The average Bonchev–Trinajstić information content (AvgIpc) is 3.35. The lowest BCUT2D eigenvalue weighted by molar-refractivity contribution is -0.113. The molecule has 0 aliphatic carbocycles. The van der Waals surface area contributed by atoms with Crippen molar-refractivity contribution in [2.45, 2.75) is 13.0 Å². The third-order valence-corrected chi connectivity index (χ3v) is 4.78. The second-order valence-electron chi connectivity index (χ2n) is 6.53. The second kappa shape index (κ2) is 6.41. The molecule has 0 unspecified atom stereocenters. The number of nitrogens with zero attached hydrogens (tertiary/aromatic N) is 3. The normalized spacial score (nSPS) is 17.1. The van der Waals surface area contributed by atoms with Crippen LogP contribution in [-0.4, -0.2) is 27.5 Å². The number of carbonyl (C=O) groups is 1. The number of amides is 1. The number of ether oxygens (including phenoxy) is 2. The molecule has 1 atom stereocenters. The molecule has 2 N–H and O–H groups in total. The molecule has 0 fully saturated rings. The summed E-state index contributed by atoms with van der Waals surface area (Å²) in [7, 11) is 0. The van der Waals surface area contributed by atoms with Crippen molar-refractivity contribution in [2.75, 3.05) is 17.4 Å². The van der Waals surface area contributed by atoms with Crippen molar-refractivity contribution in [2.24, 2.45) is 0 Å². The molecule has 0 bridgehead atoms. The zero-order valence-electron chi connectivity index (χ0n) is 15.0. The lowest BCUT2D eigenvalue weighted by Gasteiger charge is -2.28. The minimum Gasteiger partial charge on any atom is -0.454 e. The summed E-state index contributed by atoms with van der Waals surface area (Å²) in [5.74, 6) is 1.71. The van der Waals surface area contributed by atoms with Gasteiger partial charge in [-0.2, -0.15) is 10.1 Å². The van der Waals surface area contributed by atoms with Gasteiger partial charge in [0.2, 0.25) is 12.7 Å². The second-order valence-corrected chi connectivity index (χ2v) is 6.53. The Labute approximate surface area is 160 Å². The number of hydrogen-bond donors (Lipinski definition) is 2. The monoisotopic (exact) mass is 375 g/mol. The van der Waals surface area contributed by atoms with E-state index < -0.39 is 6.04 Å². The Morgan fingerprint density at radius 1 is 1.18 bits per heavy atom. The Balaban J connectivity index is 1.58. The Kier molecular flexibility index (Phi) is 3.75. The average molecular weight is 375 g/mol. The number of fused-ring (bicyclic) bond motifs is 2. The van der Waals surface area contributed by atoms with Crippen molar-refractivity contribution >= 4 is 17.5 Å². The number of carbonyl (C=O) groups excluding carboxylic acids is 1. The van der Waals surface area contributed by atoms with Crippen molar-refractivity contribution in [3.05, 3.63) is 71.7 Å². The van der Waals surface area contributed by atoms with E-state index in [1.165, 1.54) is 6.33 Å². The minimum absolute atomic E-state index is 0.190. The fourth-order valence-electron chi connectivity index (χ4n) is 3.50. The van der Waals surface area contributed by atoms with E-state index in [-0.39, 0.29) is 12.7 Å². The van der Waals surface area contributed by atoms with Crippen LogP contribution < -0.4 is 20.1 Å². The maximum Gasteiger partial charge on any atom is 0.255 e. The zero-order chi connectivity index (χ0) is 19.1. The largest absolute Gasteiger partial charge is 0.454 e. The van der Waals surface area contributed by atoms with Crippen LogP contribution in [0.4, 0.5) is 11.6 Å². The SMILES string of the molecule is CC1=C(C(=O)Nc2ccccc2)[C@@H](c2ccc3c(c2)OCO3)n2ncnc2N1. The molecule has 3 aromatic rings. The number of nitrogens with one attached hydrogen (secondary N) is 2. The van der Waals surface area contributed by atoms with Gasteiger partial charge in [0.25, 0.3) is 5.91 Å². The first kappa shape index (κ1) is 16.4. The molecule has 1 amide bonds. The summed E-state index contributed by atoms with van der Waals surface area (Å²) in [4.78, 5) is 17.5. The smallest absolute Gasteiger partial charge is 0.255 e. The summed E-state index contributed by atoms with van der Waals surface area (Å²) < 4.78 is 12.6. The van der Waals surface area contributed by atoms with Gasteiger partial charge in [-0.05, 0) is 36.8 Å². The van der Waals surface area contributed by atoms with Gasteiger partial charge in [0.05, 0.1) is 5.57 Å². The van der Waals surface area contributed by atoms with Crippen LogP contribution in [0.15, 0.2) is 66.1 Å². The Morgan fingerprint density at radius 2 is 2.00 bits per heavy atom. The van der Waals surface area contributed by atoms with Crippen LogP contribution in [0.3, 0.4) is 0 Å². The maximum atomic E-state index is 13.2. The van der Waals surface area contributed by atoms with Gasteiger partial charge in [-0.3, -0.25) is 4.79 Å². The van der Waals surface area contributed by atoms with Gasteiger partial charge < -0.3 is 20.1 Å². The summed E-state index contributed by atoms with van der Waals surface area (Å²) in [6.07, 6.45) is 1.47. The topological polar surface area (TPSA) is 90.3 Å². The lowest BCUT2D eigenvalue weighted by atomic mass is 9.94. The fraction of sp³-hybridized carbons (Fsp3) is 0.150. The molecule has 8 heteroatoms. The third-order valence-electron chi connectivity index (χ3n) is 4.78. The summed E-state index contributed by atoms with van der Waals surface area (Å²) in [5.41, 5.74) is 2.86. The van der Waals surface area contributed by atoms with Crippen LogP contribution in [0, 0.1) is 0 Å². The highest BCUT2D eigenvalue weighted by molar-refractivity contribution is 6.06. The molecule has 28 heavy (non-hydrogen) atoms. The summed E-state index contributed by atoms with van der Waals surface area (Å²) in [5, 5.41) is 10.5. The number of para-hydroxylation sites is 1. The van der Waals surface area contributed by atoms with Crippen LogP contribution in [0.2, 0.25) is 0 Å². The number of aromatic nitrogens is 3. The number of anilines is 2. The number of hydrogen-bond acceptors (Lipinski definition) is 6. The predicted molar refractivity (Wildman–Crippen MR) is 102 cm³/mol. The van der Waals surface area contributed by atoms with Gasteiger partial charge in [0, 0.05) is 11.4 Å². The van der Waals surface area contributed by atoms with E-state index in [9.17, 15) is 4.79 Å². The van der Waals surface area contributed by atoms with E-state index in [2.05, 4.69) is 20.7 Å². The number of allylic oxidation sites excluding steroid dienone is 1. The quantitative estimate of drug-likeness (QED) is 0.732. The Morgan fingerprint density at radius 3 is 2.86 bits per heavy atom. The molecule has 0 saturated heterocycles. The molecule has 2 aliphatic rings. The van der Waals surface area contributed by atoms with Gasteiger partial charge in [-0.15, -0.1) is 0 Å². The zero-order valence-corrected chi connectivity index (χ0v) is 15.0. The van der Waals surface area contributed by atoms with Crippen molar-refractivity contribution in [3.63, 3.8) is 0 Å². The van der Waals surface area contributed by atoms with Crippen LogP contribution >= 0.6 is 0 Å². The molecule has 0 saturated carbocycles. The van der Waals surface area contributed by atoms with Crippen molar-refractivity contribution in [1.29, 1.82) is 0 Å². The summed E-state index contributed by atoms with van der Waals surface area (Å²) in [6, 6.07) is 14.5. The van der Waals surface area contributed by atoms with Gasteiger partial charge in [0.15, 0.2) is 11.5 Å². The van der Waals surface area contributed by atoms with Crippen LogP contribution in [0.1, 0.15) is 18.5 Å². The maximum absolute atomic E-state index is 13.2. The van der Waals surface area contributed by atoms with Gasteiger partial charge in [0.1, 0.15) is 12.4 Å². The molecule has 2 aromatic carbocycles. The van der Waals surface area contributed by atoms with Gasteiger partial charge >= 0.3 is 0 Å². The van der Waals surface area contributed by atoms with Gasteiger partial charge in [-0.1, -0.05) is 24.3 Å². The molecule has 140 valence electrons. The van der Waals surface area contributed by atoms with E-state index in [0.717, 1.165) is 16.9 Å². The minimum atomic E-state index is -0.447. The predicted octanol–water partition coefficient (Wildman–Crippen LogP) is 2.93. The van der Waals surface area contributed by atoms with E-state index in [0.29, 0.717) is 23.0 Å². The molecule has 0 radical (unpaired) electrons. The highest BCUT2D eigenvalue weighted by atomic mass is 16.7. The van der Waals surface area contributed by atoms with Crippen molar-refractivity contribution in [3.8, 4) is 11.5 Å². The third kappa shape index (κ3) is 2.66. The molecule has 0 spiro atoms. The van der Waals surface area contributed by atoms with Crippen molar-refractivity contribution < 1.29 is 14.3 Å². The first-order valence-corrected chi connectivity index (χ1v) is 8.84. The molecular formula is C20H17N5O3. The molecule has 1 aromatic heterocycles. The molecule has 8 nitrogen and oxygen atoms in total. The lowest BCUT2D eigenvalue weighted by Crippen LogP contribution is -2.31. The first-order valence-electron chi connectivity index (χ1n) is 8.84.